The molecule has 12 rings (SSSR count). The molecule has 0 spiro atoms. The summed E-state index contributed by atoms with van der Waals surface area (Å²) in [4.78, 5) is 16.3. The summed E-state index contributed by atoms with van der Waals surface area (Å²) < 4.78 is 0. The third kappa shape index (κ3) is 6.40. The second kappa shape index (κ2) is 14.6. The van der Waals surface area contributed by atoms with E-state index in [0.717, 1.165) is 72.5 Å². The molecule has 0 atom stereocenters. The van der Waals surface area contributed by atoms with Crippen LogP contribution in [0.4, 0.5) is 0 Å². The molecule has 3 nitrogen and oxygen atoms in total. The number of nitrogens with zero attached hydrogens (tertiary/aromatic N) is 3. The molecular weight excluding hydrogens is 763 g/mol. The summed E-state index contributed by atoms with van der Waals surface area (Å²) in [7, 11) is 0. The summed E-state index contributed by atoms with van der Waals surface area (Å²) in [6, 6.07) is 76.2. The number of pyridine rings is 1. The Morgan fingerprint density at radius 3 is 1.51 bits per heavy atom. The maximum absolute atomic E-state index is 5.43. The summed E-state index contributed by atoms with van der Waals surface area (Å²) in [5.41, 5.74) is 17.2. The maximum Gasteiger partial charge on any atom is 0.160 e. The van der Waals surface area contributed by atoms with Crippen LogP contribution in [0.15, 0.2) is 212 Å². The highest BCUT2D eigenvalue weighted by atomic mass is 14.9. The average Bonchev–Trinajstić information content (AvgIpc) is 3.57. The average molecular weight is 804 g/mol. The first-order chi connectivity index (χ1) is 30.9. The van der Waals surface area contributed by atoms with E-state index in [1.165, 1.54) is 43.8 Å². The van der Waals surface area contributed by atoms with Crippen molar-refractivity contribution in [3.8, 4) is 78.5 Å². The van der Waals surface area contributed by atoms with E-state index in [-0.39, 0.29) is 5.41 Å². The second-order valence-electron chi connectivity index (χ2n) is 17.3. The largest absolute Gasteiger partial charge is 0.248 e. The Hall–Kier alpha value is -8.01. The van der Waals surface area contributed by atoms with Crippen LogP contribution in [0.2, 0.25) is 0 Å². The predicted molar refractivity (Wildman–Crippen MR) is 263 cm³/mol. The van der Waals surface area contributed by atoms with E-state index in [1.807, 2.05) is 0 Å². The fourth-order valence-corrected chi connectivity index (χ4v) is 9.70. The summed E-state index contributed by atoms with van der Waals surface area (Å²) in [5, 5.41) is 5.85. The normalized spacial score (nSPS) is 12.7. The van der Waals surface area contributed by atoms with Crippen molar-refractivity contribution in [2.45, 2.75) is 19.3 Å². The lowest BCUT2D eigenvalue weighted by molar-refractivity contribution is 0.661. The fourth-order valence-electron chi connectivity index (χ4n) is 9.70. The fraction of sp³-hybridized carbons (Fsp3) is 0.0500. The molecule has 296 valence electrons. The summed E-state index contributed by atoms with van der Waals surface area (Å²) in [5.74, 6) is 0.668. The van der Waals surface area contributed by atoms with Crippen molar-refractivity contribution in [1.82, 2.24) is 15.0 Å². The van der Waals surface area contributed by atoms with E-state index in [1.54, 1.807) is 0 Å². The topological polar surface area (TPSA) is 38.7 Å². The number of benzene rings is 9. The molecule has 1 aliphatic rings. The van der Waals surface area contributed by atoms with Crippen molar-refractivity contribution in [2.75, 3.05) is 0 Å². The van der Waals surface area contributed by atoms with Crippen LogP contribution in [-0.2, 0) is 5.41 Å². The van der Waals surface area contributed by atoms with E-state index in [4.69, 9.17) is 15.0 Å². The second-order valence-corrected chi connectivity index (χ2v) is 17.3. The van der Waals surface area contributed by atoms with Gasteiger partial charge in [0, 0.05) is 33.1 Å². The minimum absolute atomic E-state index is 0.152. The first kappa shape index (κ1) is 36.8. The molecular formula is C60H41N3. The SMILES string of the molecule is CC1(C)c2ccccc2-c2cc3c(-c4cc(-c5ccccc5)cc(-c5nc(-c6ccc7ccccc7c6)cc(-c6ccc7ccccc7c6)n5)c4)cc(-c4ccccc4)nc3cc21. The molecule has 2 heterocycles. The smallest absolute Gasteiger partial charge is 0.160 e. The highest BCUT2D eigenvalue weighted by Gasteiger charge is 2.36. The Balaban J connectivity index is 1.12. The van der Waals surface area contributed by atoms with Crippen LogP contribution >= 0.6 is 0 Å². The Morgan fingerprint density at radius 1 is 0.302 bits per heavy atom. The molecule has 0 unspecified atom stereocenters. The quantitative estimate of drug-likeness (QED) is 0.168. The number of rotatable bonds is 6. The van der Waals surface area contributed by atoms with Crippen LogP contribution in [0.3, 0.4) is 0 Å². The van der Waals surface area contributed by atoms with Gasteiger partial charge in [0.05, 0.1) is 22.6 Å². The number of aromatic nitrogens is 3. The first-order valence-corrected chi connectivity index (χ1v) is 21.7. The van der Waals surface area contributed by atoms with Crippen molar-refractivity contribution in [2.24, 2.45) is 0 Å². The third-order valence-electron chi connectivity index (χ3n) is 13.0. The molecule has 1 aliphatic carbocycles. The van der Waals surface area contributed by atoms with Gasteiger partial charge < -0.3 is 0 Å². The summed E-state index contributed by atoms with van der Waals surface area (Å²) in [6.45, 7) is 4.67. The van der Waals surface area contributed by atoms with Gasteiger partial charge >= 0.3 is 0 Å². The van der Waals surface area contributed by atoms with Crippen LogP contribution < -0.4 is 0 Å². The van der Waals surface area contributed by atoms with Gasteiger partial charge in [-0.05, 0) is 121 Å². The lowest BCUT2D eigenvalue weighted by Gasteiger charge is -2.22. The molecule has 0 N–H and O–H groups in total. The Kier molecular flexibility index (Phi) is 8.52. The molecule has 2 aromatic heterocycles. The Bertz CT molecular complexity index is 3490. The van der Waals surface area contributed by atoms with Gasteiger partial charge in [-0.3, -0.25) is 0 Å². The lowest BCUT2D eigenvalue weighted by atomic mass is 9.82. The zero-order chi connectivity index (χ0) is 42.1. The molecule has 9 aromatic carbocycles. The van der Waals surface area contributed by atoms with Gasteiger partial charge in [0.1, 0.15) is 0 Å². The van der Waals surface area contributed by atoms with Crippen LogP contribution in [-0.4, -0.2) is 15.0 Å². The molecule has 11 aromatic rings. The molecule has 0 aliphatic heterocycles. The molecule has 63 heavy (non-hydrogen) atoms. The summed E-state index contributed by atoms with van der Waals surface area (Å²) >= 11 is 0. The van der Waals surface area contributed by atoms with Crippen molar-refractivity contribution >= 4 is 32.4 Å². The highest BCUT2D eigenvalue weighted by Crippen LogP contribution is 2.51. The van der Waals surface area contributed by atoms with Crippen LogP contribution in [0.5, 0.6) is 0 Å². The molecule has 3 heteroatoms. The van der Waals surface area contributed by atoms with Gasteiger partial charge in [0.15, 0.2) is 5.82 Å². The lowest BCUT2D eigenvalue weighted by Crippen LogP contribution is -2.14. The number of hydrogen-bond donors (Lipinski definition) is 0. The molecule has 0 saturated carbocycles. The molecule has 0 saturated heterocycles. The third-order valence-corrected chi connectivity index (χ3v) is 13.0. The van der Waals surface area contributed by atoms with Crippen molar-refractivity contribution < 1.29 is 0 Å². The Labute approximate surface area is 367 Å². The van der Waals surface area contributed by atoms with Crippen molar-refractivity contribution in [1.29, 1.82) is 0 Å². The zero-order valence-corrected chi connectivity index (χ0v) is 35.0. The number of hydrogen-bond acceptors (Lipinski definition) is 3. The van der Waals surface area contributed by atoms with E-state index < -0.39 is 0 Å². The molecule has 0 amide bonds. The Morgan fingerprint density at radius 2 is 0.841 bits per heavy atom. The zero-order valence-electron chi connectivity index (χ0n) is 35.0. The van der Waals surface area contributed by atoms with Crippen LogP contribution in [0.1, 0.15) is 25.0 Å². The predicted octanol–water partition coefficient (Wildman–Crippen LogP) is 15.6. The minimum atomic E-state index is -0.152. The molecule has 0 radical (unpaired) electrons. The van der Waals surface area contributed by atoms with Crippen LogP contribution in [0, 0.1) is 0 Å². The van der Waals surface area contributed by atoms with Crippen LogP contribution in [0.25, 0.3) is 111 Å². The van der Waals surface area contributed by atoms with Crippen molar-refractivity contribution in [3.05, 3.63) is 223 Å². The first-order valence-electron chi connectivity index (χ1n) is 21.7. The van der Waals surface area contributed by atoms with Gasteiger partial charge in [-0.15, -0.1) is 0 Å². The number of fused-ring (bicyclic) bond motifs is 6. The molecule has 0 fully saturated rings. The van der Waals surface area contributed by atoms with Gasteiger partial charge in [-0.1, -0.05) is 172 Å². The van der Waals surface area contributed by atoms with E-state index in [0.29, 0.717) is 5.82 Å². The van der Waals surface area contributed by atoms with Crippen molar-refractivity contribution in [3.63, 3.8) is 0 Å². The van der Waals surface area contributed by atoms with Gasteiger partial charge in [-0.25, -0.2) is 15.0 Å². The van der Waals surface area contributed by atoms with E-state index in [2.05, 4.69) is 226 Å². The van der Waals surface area contributed by atoms with Gasteiger partial charge in [0.25, 0.3) is 0 Å². The highest BCUT2D eigenvalue weighted by molar-refractivity contribution is 6.02. The standard InChI is InChI=1S/C60H41N3/c1-60(2)53-24-14-13-23-49(53)51-34-52-50(35-55(41-19-7-4-8-20-41)61-58(52)36-54(51)60)47-31-46(38-15-5-3-6-16-38)32-48(33-47)59-62-56(44-27-25-39-17-9-11-21-42(39)29-44)37-57(63-59)45-28-26-40-18-10-12-22-43(40)30-45/h3-37H,1-2H3. The molecule has 0 bridgehead atoms. The monoisotopic (exact) mass is 803 g/mol. The van der Waals surface area contributed by atoms with Gasteiger partial charge in [-0.2, -0.15) is 0 Å². The maximum atomic E-state index is 5.43. The van der Waals surface area contributed by atoms with E-state index in [9.17, 15) is 0 Å². The summed E-state index contributed by atoms with van der Waals surface area (Å²) in [6.07, 6.45) is 0. The van der Waals surface area contributed by atoms with E-state index >= 15 is 0 Å². The minimum Gasteiger partial charge on any atom is -0.248 e. The van der Waals surface area contributed by atoms with Gasteiger partial charge in [0.2, 0.25) is 0 Å².